The number of hydrogen-bond acceptors (Lipinski definition) is 4. The van der Waals surface area contributed by atoms with E-state index in [1.165, 1.54) is 5.56 Å². The van der Waals surface area contributed by atoms with Crippen LogP contribution in [0.4, 0.5) is 0 Å². The summed E-state index contributed by atoms with van der Waals surface area (Å²) in [7, 11) is 1.88. The molecule has 0 bridgehead atoms. The van der Waals surface area contributed by atoms with E-state index in [4.69, 9.17) is 0 Å². The minimum absolute atomic E-state index is 0.0900. The third-order valence-corrected chi connectivity index (χ3v) is 5.11. The highest BCUT2D eigenvalue weighted by Crippen LogP contribution is 2.29. The van der Waals surface area contributed by atoms with Crippen LogP contribution in [0.2, 0.25) is 0 Å². The molecule has 1 fully saturated rings. The van der Waals surface area contributed by atoms with Crippen LogP contribution in [0.3, 0.4) is 0 Å². The molecule has 5 heteroatoms. The minimum atomic E-state index is -0.235. The van der Waals surface area contributed by atoms with Crippen molar-refractivity contribution in [2.45, 2.75) is 38.4 Å². The Morgan fingerprint density at radius 2 is 1.88 bits per heavy atom. The molecule has 25 heavy (non-hydrogen) atoms. The van der Waals surface area contributed by atoms with Gasteiger partial charge in [0, 0.05) is 37.3 Å². The summed E-state index contributed by atoms with van der Waals surface area (Å²) >= 11 is 0. The topological polar surface area (TPSA) is 57.3 Å². The highest BCUT2D eigenvalue weighted by Gasteiger charge is 2.39. The number of carbonyl (C=O) groups excluding carboxylic acids is 1. The average Bonchev–Trinajstić information content (AvgIpc) is 3.03. The molecule has 1 saturated heterocycles. The number of aromatic nitrogens is 1. The molecule has 1 aromatic carbocycles. The van der Waals surface area contributed by atoms with Crippen LogP contribution in [0.25, 0.3) is 0 Å². The lowest BCUT2D eigenvalue weighted by molar-refractivity contribution is -0.134. The first-order valence-electron chi connectivity index (χ1n) is 8.80. The maximum absolute atomic E-state index is 13.0. The lowest BCUT2D eigenvalue weighted by Gasteiger charge is -2.29. The Morgan fingerprint density at radius 1 is 1.16 bits per heavy atom. The first kappa shape index (κ1) is 17.6. The zero-order valence-corrected chi connectivity index (χ0v) is 15.0. The number of likely N-dealkylation sites (N-methyl/N-ethyl adjacent to an activating group) is 1. The molecule has 0 spiro atoms. The largest absolute Gasteiger partial charge is 0.341 e. The Morgan fingerprint density at radius 3 is 2.56 bits per heavy atom. The number of hydrazine groups is 1. The van der Waals surface area contributed by atoms with Crippen LogP contribution in [0.1, 0.15) is 31.1 Å². The SMILES string of the molecule is CC1C(C(=O)N(C)C(C)Cc2ccccn2)NNC1c1ccccc1. The summed E-state index contributed by atoms with van der Waals surface area (Å²) in [6.07, 6.45) is 2.54. The van der Waals surface area contributed by atoms with Crippen LogP contribution >= 0.6 is 0 Å². The molecule has 4 atom stereocenters. The van der Waals surface area contributed by atoms with Gasteiger partial charge in [-0.05, 0) is 24.6 Å². The molecule has 1 aliphatic rings. The van der Waals surface area contributed by atoms with E-state index in [9.17, 15) is 4.79 Å². The zero-order valence-electron chi connectivity index (χ0n) is 15.0. The van der Waals surface area contributed by atoms with Crippen LogP contribution in [-0.4, -0.2) is 34.9 Å². The molecule has 2 aromatic rings. The number of pyridine rings is 1. The van der Waals surface area contributed by atoms with Crippen molar-refractivity contribution in [3.63, 3.8) is 0 Å². The second-order valence-electron chi connectivity index (χ2n) is 6.84. The van der Waals surface area contributed by atoms with Crippen LogP contribution in [0.15, 0.2) is 54.7 Å². The number of rotatable bonds is 5. The number of amides is 1. The maximum Gasteiger partial charge on any atom is 0.241 e. The summed E-state index contributed by atoms with van der Waals surface area (Å²) in [5.74, 6) is 0.279. The molecule has 2 N–H and O–H groups in total. The molecule has 1 amide bonds. The summed E-state index contributed by atoms with van der Waals surface area (Å²) < 4.78 is 0. The van der Waals surface area contributed by atoms with Crippen LogP contribution in [0.5, 0.6) is 0 Å². The Kier molecular flexibility index (Phi) is 5.46. The maximum atomic E-state index is 13.0. The summed E-state index contributed by atoms with van der Waals surface area (Å²) in [6.45, 7) is 4.18. The van der Waals surface area contributed by atoms with Crippen molar-refractivity contribution in [2.75, 3.05) is 7.05 Å². The normalized spacial score (nSPS) is 24.0. The lowest BCUT2D eigenvalue weighted by Crippen LogP contribution is -2.49. The van der Waals surface area contributed by atoms with Crippen LogP contribution in [-0.2, 0) is 11.2 Å². The van der Waals surface area contributed by atoms with Crippen molar-refractivity contribution in [1.29, 1.82) is 0 Å². The van der Waals surface area contributed by atoms with E-state index < -0.39 is 0 Å². The van der Waals surface area contributed by atoms with Gasteiger partial charge in [0.25, 0.3) is 0 Å². The smallest absolute Gasteiger partial charge is 0.241 e. The van der Waals surface area contributed by atoms with Gasteiger partial charge in [-0.3, -0.25) is 9.78 Å². The van der Waals surface area contributed by atoms with Gasteiger partial charge in [-0.2, -0.15) is 0 Å². The predicted molar refractivity (Wildman–Crippen MR) is 98.6 cm³/mol. The molecular weight excluding hydrogens is 312 g/mol. The van der Waals surface area contributed by atoms with Gasteiger partial charge in [-0.1, -0.05) is 43.3 Å². The second kappa shape index (κ2) is 7.76. The van der Waals surface area contributed by atoms with Crippen molar-refractivity contribution in [3.05, 3.63) is 66.0 Å². The number of hydrogen-bond donors (Lipinski definition) is 2. The van der Waals surface area contributed by atoms with E-state index in [0.29, 0.717) is 0 Å². The average molecular weight is 338 g/mol. The van der Waals surface area contributed by atoms with E-state index in [1.807, 2.05) is 48.3 Å². The number of carbonyl (C=O) groups is 1. The van der Waals surface area contributed by atoms with Crippen molar-refractivity contribution < 1.29 is 4.79 Å². The Balaban J connectivity index is 1.64. The molecule has 132 valence electrons. The number of nitrogens with one attached hydrogen (secondary N) is 2. The molecule has 0 radical (unpaired) electrons. The van der Waals surface area contributed by atoms with E-state index in [0.717, 1.165) is 12.1 Å². The molecule has 0 saturated carbocycles. The van der Waals surface area contributed by atoms with E-state index in [-0.39, 0.29) is 30.0 Å². The Bertz CT molecular complexity index is 691. The molecule has 4 unspecified atom stereocenters. The van der Waals surface area contributed by atoms with E-state index in [1.54, 1.807) is 6.20 Å². The minimum Gasteiger partial charge on any atom is -0.341 e. The Labute approximate surface area is 149 Å². The fraction of sp³-hybridized carbons (Fsp3) is 0.400. The molecular formula is C20H26N4O. The van der Waals surface area contributed by atoms with Gasteiger partial charge >= 0.3 is 0 Å². The van der Waals surface area contributed by atoms with Crippen LogP contribution in [0, 0.1) is 5.92 Å². The third kappa shape index (κ3) is 3.89. The molecule has 1 aliphatic heterocycles. The molecule has 0 aliphatic carbocycles. The van der Waals surface area contributed by atoms with Gasteiger partial charge in [-0.25, -0.2) is 10.9 Å². The fourth-order valence-electron chi connectivity index (χ4n) is 3.36. The van der Waals surface area contributed by atoms with Crippen molar-refractivity contribution in [1.82, 2.24) is 20.7 Å². The summed E-state index contributed by atoms with van der Waals surface area (Å²) in [5.41, 5.74) is 8.68. The molecule has 5 nitrogen and oxygen atoms in total. The number of nitrogens with zero attached hydrogens (tertiary/aromatic N) is 2. The van der Waals surface area contributed by atoms with Gasteiger partial charge in [0.15, 0.2) is 0 Å². The van der Waals surface area contributed by atoms with Gasteiger partial charge in [0.05, 0.1) is 6.04 Å². The third-order valence-electron chi connectivity index (χ3n) is 5.11. The summed E-state index contributed by atoms with van der Waals surface area (Å²) in [4.78, 5) is 19.2. The number of benzene rings is 1. The van der Waals surface area contributed by atoms with Crippen molar-refractivity contribution >= 4 is 5.91 Å². The highest BCUT2D eigenvalue weighted by molar-refractivity contribution is 5.82. The van der Waals surface area contributed by atoms with Crippen LogP contribution < -0.4 is 10.9 Å². The summed E-state index contributed by atoms with van der Waals surface area (Å²) in [5, 5.41) is 0. The van der Waals surface area contributed by atoms with Crippen molar-refractivity contribution in [3.8, 4) is 0 Å². The first-order chi connectivity index (χ1) is 12.1. The van der Waals surface area contributed by atoms with E-state index in [2.05, 4.69) is 41.8 Å². The van der Waals surface area contributed by atoms with Gasteiger partial charge in [0.1, 0.15) is 6.04 Å². The predicted octanol–water partition coefficient (Wildman–Crippen LogP) is 2.32. The standard InChI is InChI=1S/C20H26N4O/c1-14(13-17-11-7-8-12-21-17)24(3)20(25)19-15(2)18(22-23-19)16-9-5-4-6-10-16/h4-12,14-15,18-19,22-23H,13H2,1-3H3. The summed E-state index contributed by atoms with van der Waals surface area (Å²) in [6, 6.07) is 16.1. The second-order valence-corrected chi connectivity index (χ2v) is 6.84. The molecule has 2 heterocycles. The highest BCUT2D eigenvalue weighted by atomic mass is 16.2. The Hall–Kier alpha value is -2.24. The zero-order chi connectivity index (χ0) is 17.8. The quantitative estimate of drug-likeness (QED) is 0.878. The van der Waals surface area contributed by atoms with E-state index >= 15 is 0 Å². The monoisotopic (exact) mass is 338 g/mol. The van der Waals surface area contributed by atoms with Crippen molar-refractivity contribution in [2.24, 2.45) is 5.92 Å². The molecule has 3 rings (SSSR count). The lowest BCUT2D eigenvalue weighted by atomic mass is 9.90. The first-order valence-corrected chi connectivity index (χ1v) is 8.80. The van der Waals surface area contributed by atoms with Gasteiger partial charge < -0.3 is 4.90 Å². The van der Waals surface area contributed by atoms with Gasteiger partial charge in [-0.15, -0.1) is 0 Å². The fourth-order valence-corrected chi connectivity index (χ4v) is 3.36. The van der Waals surface area contributed by atoms with Gasteiger partial charge in [0.2, 0.25) is 5.91 Å². The molecule has 1 aromatic heterocycles.